The first-order valence-corrected chi connectivity index (χ1v) is 11.7. The molecular weight excluding hydrogens is 457 g/mol. The summed E-state index contributed by atoms with van der Waals surface area (Å²) in [7, 11) is 0. The second kappa shape index (κ2) is 10.0. The van der Waals surface area contributed by atoms with E-state index in [0.717, 1.165) is 44.3 Å². The molecule has 0 amide bonds. The van der Waals surface area contributed by atoms with Gasteiger partial charge in [0, 0.05) is 33.2 Å². The molecule has 32 heavy (non-hydrogen) atoms. The topological polar surface area (TPSA) is 35.5 Å². The van der Waals surface area contributed by atoms with Gasteiger partial charge in [0.1, 0.15) is 0 Å². The van der Waals surface area contributed by atoms with E-state index in [-0.39, 0.29) is 5.92 Å². The van der Waals surface area contributed by atoms with Crippen molar-refractivity contribution in [3.8, 4) is 16.2 Å². The van der Waals surface area contributed by atoms with Crippen molar-refractivity contribution in [1.82, 2.24) is 0 Å². The molecule has 1 heterocycles. The summed E-state index contributed by atoms with van der Waals surface area (Å²) >= 11 is 3.33. The molecule has 0 N–H and O–H groups in total. The summed E-state index contributed by atoms with van der Waals surface area (Å²) in [6.07, 6.45) is -4.33. The molecule has 1 atom stereocenters. The molecule has 3 aromatic rings. The summed E-state index contributed by atoms with van der Waals surface area (Å²) < 4.78 is 38.4. The third kappa shape index (κ3) is 6.07. The van der Waals surface area contributed by atoms with Crippen LogP contribution in [0.4, 0.5) is 13.2 Å². The lowest BCUT2D eigenvalue weighted by Crippen LogP contribution is -2.03. The Morgan fingerprint density at radius 2 is 1.75 bits per heavy atom. The molecule has 0 fully saturated rings. The lowest BCUT2D eigenvalue weighted by molar-refractivity contribution is -0.211. The van der Waals surface area contributed by atoms with Crippen molar-refractivity contribution in [2.24, 2.45) is 0 Å². The number of aryl methyl sites for hydroxylation is 2. The maximum atomic E-state index is 12.8. The fraction of sp³-hybridized carbons (Fsp3) is 0.292. The molecule has 0 bridgehead atoms. The molecule has 0 saturated carbocycles. The van der Waals surface area contributed by atoms with Crippen LogP contribution < -0.4 is 4.89 Å². The van der Waals surface area contributed by atoms with Crippen molar-refractivity contribution >= 4 is 29.1 Å². The molecule has 0 aliphatic carbocycles. The van der Waals surface area contributed by atoms with Gasteiger partial charge in [-0.1, -0.05) is 19.1 Å². The van der Waals surface area contributed by atoms with Crippen LogP contribution >= 0.6 is 23.1 Å². The van der Waals surface area contributed by atoms with Crippen LogP contribution in [-0.4, -0.2) is 11.7 Å². The van der Waals surface area contributed by atoms with Crippen LogP contribution in [-0.2, 0) is 15.9 Å². The van der Waals surface area contributed by atoms with Crippen molar-refractivity contribution in [1.29, 1.82) is 0 Å². The van der Waals surface area contributed by atoms with Gasteiger partial charge < -0.3 is 0 Å². The average Bonchev–Trinajstić information content (AvgIpc) is 3.12. The summed E-state index contributed by atoms with van der Waals surface area (Å²) in [6.45, 7) is 7.34. The lowest BCUT2D eigenvalue weighted by atomic mass is 10.1. The fourth-order valence-electron chi connectivity index (χ4n) is 3.16. The summed E-state index contributed by atoms with van der Waals surface area (Å²) in [5.41, 5.74) is 2.15. The summed E-state index contributed by atoms with van der Waals surface area (Å²) in [4.78, 5) is 23.7. The summed E-state index contributed by atoms with van der Waals surface area (Å²) in [5.74, 6) is 1.09. The summed E-state index contributed by atoms with van der Waals surface area (Å²) in [6, 6.07) is 13.0. The Hall–Kier alpha value is -2.45. The molecule has 1 unspecified atom stereocenters. The minimum absolute atomic E-state index is 0.269. The Morgan fingerprint density at radius 3 is 2.34 bits per heavy atom. The van der Waals surface area contributed by atoms with E-state index in [4.69, 9.17) is 4.89 Å². The van der Waals surface area contributed by atoms with Gasteiger partial charge in [-0.3, -0.25) is 9.78 Å². The monoisotopic (exact) mass is 480 g/mol. The van der Waals surface area contributed by atoms with Gasteiger partial charge in [-0.15, -0.1) is 23.1 Å². The van der Waals surface area contributed by atoms with Crippen molar-refractivity contribution < 1.29 is 27.7 Å². The van der Waals surface area contributed by atoms with Gasteiger partial charge in [-0.2, -0.15) is 13.2 Å². The first-order chi connectivity index (χ1) is 15.0. The second-order valence-corrected chi connectivity index (χ2v) is 9.71. The van der Waals surface area contributed by atoms with E-state index < -0.39 is 17.7 Å². The number of thiophene rings is 1. The third-order valence-electron chi connectivity index (χ3n) is 4.80. The fourth-order valence-corrected chi connectivity index (χ4v) is 5.53. The number of hydrogen-bond donors (Lipinski definition) is 0. The molecule has 2 aromatic carbocycles. The Kier molecular flexibility index (Phi) is 7.56. The van der Waals surface area contributed by atoms with Crippen molar-refractivity contribution in [2.75, 3.05) is 5.75 Å². The highest BCUT2D eigenvalue weighted by molar-refractivity contribution is 7.99. The van der Waals surface area contributed by atoms with Gasteiger partial charge in [-0.05, 0) is 66.9 Å². The number of hydrogen-bond acceptors (Lipinski definition) is 5. The van der Waals surface area contributed by atoms with Crippen molar-refractivity contribution in [3.63, 3.8) is 0 Å². The molecule has 0 spiro atoms. The zero-order valence-electron chi connectivity index (χ0n) is 18.1. The predicted octanol–water partition coefficient (Wildman–Crippen LogP) is 7.80. The highest BCUT2D eigenvalue weighted by Crippen LogP contribution is 2.39. The molecular formula is C24H23F3O3S2. The molecule has 0 saturated heterocycles. The van der Waals surface area contributed by atoms with Gasteiger partial charge in [0.05, 0.1) is 5.56 Å². The molecule has 8 heteroatoms. The first-order valence-electron chi connectivity index (χ1n) is 9.91. The number of benzene rings is 2. The first kappa shape index (κ1) is 24.2. The van der Waals surface area contributed by atoms with Crippen molar-refractivity contribution in [3.05, 3.63) is 70.1 Å². The summed E-state index contributed by atoms with van der Waals surface area (Å²) in [5, 5.41) is 0. The number of thioether (sulfide) groups is 1. The van der Waals surface area contributed by atoms with Crippen LogP contribution in [0.1, 0.15) is 41.3 Å². The van der Waals surface area contributed by atoms with E-state index in [1.54, 1.807) is 29.2 Å². The van der Waals surface area contributed by atoms with Gasteiger partial charge in [-0.25, -0.2) is 4.79 Å². The van der Waals surface area contributed by atoms with E-state index in [1.807, 2.05) is 32.0 Å². The smallest absolute Gasteiger partial charge is 0.287 e. The molecule has 0 radical (unpaired) electrons. The van der Waals surface area contributed by atoms with Gasteiger partial charge in [0.2, 0.25) is 0 Å². The Morgan fingerprint density at radius 1 is 1.06 bits per heavy atom. The van der Waals surface area contributed by atoms with Crippen LogP contribution in [0.5, 0.6) is 5.75 Å². The molecule has 1 aromatic heterocycles. The van der Waals surface area contributed by atoms with E-state index in [0.29, 0.717) is 5.75 Å². The number of alkyl halides is 3. The number of carbonyl (C=O) groups excluding carboxylic acids is 1. The highest BCUT2D eigenvalue weighted by Gasteiger charge is 2.30. The SMILES string of the molecule is CC(=O)OOc1ccc(SCC(C)c2sc(-c3ccc(C(F)(F)F)cc3)cc2C)cc1C. The van der Waals surface area contributed by atoms with Gasteiger partial charge in [0.15, 0.2) is 5.75 Å². The zero-order valence-corrected chi connectivity index (χ0v) is 19.7. The zero-order chi connectivity index (χ0) is 23.5. The second-order valence-electron chi connectivity index (χ2n) is 7.53. The van der Waals surface area contributed by atoms with E-state index >= 15 is 0 Å². The van der Waals surface area contributed by atoms with Gasteiger partial charge in [0.25, 0.3) is 0 Å². The molecule has 0 aliphatic heterocycles. The van der Waals surface area contributed by atoms with Crippen LogP contribution in [0.2, 0.25) is 0 Å². The van der Waals surface area contributed by atoms with Crippen LogP contribution in [0.15, 0.2) is 53.4 Å². The van der Waals surface area contributed by atoms with Crippen LogP contribution in [0.25, 0.3) is 10.4 Å². The molecule has 3 nitrogen and oxygen atoms in total. The van der Waals surface area contributed by atoms with E-state index in [2.05, 4.69) is 11.8 Å². The maximum absolute atomic E-state index is 12.8. The standard InChI is InChI=1S/C24H23F3O3S2/c1-14-11-20(9-10-21(14)30-29-17(4)28)31-13-16(3)23-15(2)12-22(32-23)18-5-7-19(8-6-18)24(25,26)27/h5-12,16H,13H2,1-4H3. The number of carbonyl (C=O) groups is 1. The minimum Gasteiger partial charge on any atom is -0.287 e. The minimum atomic E-state index is -4.33. The predicted molar refractivity (Wildman–Crippen MR) is 122 cm³/mol. The average molecular weight is 481 g/mol. The quantitative estimate of drug-likeness (QED) is 0.196. The molecule has 0 aliphatic rings. The molecule has 170 valence electrons. The van der Waals surface area contributed by atoms with Gasteiger partial charge >= 0.3 is 12.1 Å². The van der Waals surface area contributed by atoms with Crippen molar-refractivity contribution in [2.45, 2.75) is 44.7 Å². The Bertz CT molecular complexity index is 1090. The van der Waals surface area contributed by atoms with E-state index in [1.165, 1.54) is 23.9 Å². The number of rotatable bonds is 7. The highest BCUT2D eigenvalue weighted by atomic mass is 32.2. The molecule has 3 rings (SSSR count). The van der Waals surface area contributed by atoms with Crippen LogP contribution in [0, 0.1) is 13.8 Å². The lowest BCUT2D eigenvalue weighted by Gasteiger charge is -2.12. The number of halogens is 3. The third-order valence-corrected chi connectivity index (χ3v) is 7.57. The largest absolute Gasteiger partial charge is 0.416 e. The Labute approximate surface area is 193 Å². The maximum Gasteiger partial charge on any atom is 0.416 e. The van der Waals surface area contributed by atoms with Crippen LogP contribution in [0.3, 0.4) is 0 Å². The van der Waals surface area contributed by atoms with E-state index in [9.17, 15) is 18.0 Å². The Balaban J connectivity index is 1.66. The normalized spacial score (nSPS) is 12.5.